The van der Waals surface area contributed by atoms with Crippen molar-refractivity contribution in [3.63, 3.8) is 0 Å². The number of ether oxygens (including phenoxy) is 1. The summed E-state index contributed by atoms with van der Waals surface area (Å²) in [5.74, 6) is -0.400. The molecule has 2 aromatic carbocycles. The third kappa shape index (κ3) is 4.15. The molecule has 0 radical (unpaired) electrons. The summed E-state index contributed by atoms with van der Waals surface area (Å²) in [6.45, 7) is 2.08. The van der Waals surface area contributed by atoms with E-state index in [9.17, 15) is 9.18 Å². The molecule has 0 unspecified atom stereocenters. The highest BCUT2D eigenvalue weighted by molar-refractivity contribution is 5.99. The Balaban J connectivity index is 2.22. The summed E-state index contributed by atoms with van der Waals surface area (Å²) >= 11 is 0. The molecular weight excluding hydrogens is 295 g/mol. The van der Waals surface area contributed by atoms with Gasteiger partial charge in [0, 0.05) is 30.5 Å². The summed E-state index contributed by atoms with van der Waals surface area (Å²) in [6, 6.07) is 11.7. The number of ketones is 1. The Morgan fingerprint density at radius 3 is 2.74 bits per heavy atom. The number of carbonyl (C=O) groups is 1. The Labute approximate surface area is 134 Å². The second kappa shape index (κ2) is 7.52. The fraction of sp³-hybridized carbons (Fsp3) is 0.222. The smallest absolute Gasteiger partial charge is 0.161 e. The lowest BCUT2D eigenvalue weighted by atomic mass is 10.1. The number of anilines is 1. The molecule has 118 valence electrons. The van der Waals surface area contributed by atoms with Crippen molar-refractivity contribution in [3.8, 4) is 6.07 Å². The molecule has 0 heterocycles. The van der Waals surface area contributed by atoms with Crippen LogP contribution in [-0.2, 0) is 17.9 Å². The van der Waals surface area contributed by atoms with Crippen molar-refractivity contribution in [1.82, 2.24) is 0 Å². The van der Waals surface area contributed by atoms with Crippen LogP contribution in [0.3, 0.4) is 0 Å². The molecular formula is C18H17FN2O2. The zero-order valence-corrected chi connectivity index (χ0v) is 13.0. The number of carbonyl (C=O) groups excluding carboxylic acids is 1. The molecule has 1 N–H and O–H groups in total. The zero-order valence-electron chi connectivity index (χ0n) is 13.0. The first kappa shape index (κ1) is 16.7. The van der Waals surface area contributed by atoms with E-state index in [4.69, 9.17) is 10.00 Å². The van der Waals surface area contributed by atoms with E-state index in [1.165, 1.54) is 20.1 Å². The molecule has 0 saturated heterocycles. The lowest BCUT2D eigenvalue weighted by Crippen LogP contribution is -2.06. The van der Waals surface area contributed by atoms with Crippen molar-refractivity contribution in [3.05, 3.63) is 64.5 Å². The van der Waals surface area contributed by atoms with Crippen LogP contribution in [0.15, 0.2) is 36.4 Å². The molecule has 5 heteroatoms. The van der Waals surface area contributed by atoms with Crippen molar-refractivity contribution >= 4 is 11.5 Å². The maximum atomic E-state index is 13.6. The van der Waals surface area contributed by atoms with Crippen LogP contribution < -0.4 is 5.32 Å². The van der Waals surface area contributed by atoms with Crippen LogP contribution in [0, 0.1) is 17.1 Å². The number of nitrogens with one attached hydrogen (secondary N) is 1. The number of nitrogens with zero attached hydrogens (tertiary/aromatic N) is 1. The molecule has 4 nitrogen and oxygen atoms in total. The first-order chi connectivity index (χ1) is 11.0. The highest BCUT2D eigenvalue weighted by Crippen LogP contribution is 2.20. The average molecular weight is 312 g/mol. The van der Waals surface area contributed by atoms with Gasteiger partial charge in [-0.2, -0.15) is 5.26 Å². The van der Waals surface area contributed by atoms with Gasteiger partial charge in [-0.1, -0.05) is 6.07 Å². The molecule has 23 heavy (non-hydrogen) atoms. The molecule has 0 bridgehead atoms. The molecule has 0 fully saturated rings. The summed E-state index contributed by atoms with van der Waals surface area (Å²) in [7, 11) is 1.51. The standard InChI is InChI=1S/C18H17FN2O2/c1-12(22)16-5-3-13(9-20)8-18(16)21-10-14-4-6-17(19)15(7-14)11-23-2/h3-8,21H,10-11H2,1-2H3. The van der Waals surface area contributed by atoms with Gasteiger partial charge >= 0.3 is 0 Å². The van der Waals surface area contributed by atoms with Gasteiger partial charge < -0.3 is 10.1 Å². The minimum atomic E-state index is -0.313. The molecule has 0 aliphatic heterocycles. The minimum Gasteiger partial charge on any atom is -0.380 e. The van der Waals surface area contributed by atoms with Crippen molar-refractivity contribution in [1.29, 1.82) is 5.26 Å². The first-order valence-electron chi connectivity index (χ1n) is 7.10. The predicted octanol–water partition coefficient (Wildman–Crippen LogP) is 3.66. The van der Waals surface area contributed by atoms with E-state index in [1.54, 1.807) is 30.3 Å². The molecule has 2 rings (SSSR count). The fourth-order valence-electron chi connectivity index (χ4n) is 2.27. The van der Waals surface area contributed by atoms with Crippen molar-refractivity contribution in [2.45, 2.75) is 20.1 Å². The van der Waals surface area contributed by atoms with Gasteiger partial charge in [-0.05, 0) is 42.8 Å². The minimum absolute atomic E-state index is 0.0869. The van der Waals surface area contributed by atoms with E-state index < -0.39 is 0 Å². The third-order valence-electron chi connectivity index (χ3n) is 3.42. The van der Waals surface area contributed by atoms with Gasteiger partial charge in [-0.15, -0.1) is 0 Å². The second-order valence-corrected chi connectivity index (χ2v) is 5.14. The van der Waals surface area contributed by atoms with Crippen molar-refractivity contribution in [2.24, 2.45) is 0 Å². The van der Waals surface area contributed by atoms with Gasteiger partial charge in [0.25, 0.3) is 0 Å². The Hall–Kier alpha value is -2.71. The lowest BCUT2D eigenvalue weighted by Gasteiger charge is -2.12. The highest BCUT2D eigenvalue weighted by atomic mass is 19.1. The molecule has 0 atom stereocenters. The maximum Gasteiger partial charge on any atom is 0.161 e. The summed E-state index contributed by atoms with van der Waals surface area (Å²) in [6.07, 6.45) is 0. The Morgan fingerprint density at radius 2 is 2.09 bits per heavy atom. The largest absolute Gasteiger partial charge is 0.380 e. The number of hydrogen-bond acceptors (Lipinski definition) is 4. The molecule has 0 saturated carbocycles. The van der Waals surface area contributed by atoms with E-state index >= 15 is 0 Å². The Morgan fingerprint density at radius 1 is 1.30 bits per heavy atom. The number of nitriles is 1. The van der Waals surface area contributed by atoms with Gasteiger partial charge in [0.2, 0.25) is 0 Å². The summed E-state index contributed by atoms with van der Waals surface area (Å²) in [4.78, 5) is 11.7. The number of halogens is 1. The summed E-state index contributed by atoms with van der Waals surface area (Å²) in [5, 5.41) is 12.1. The molecule has 0 aliphatic carbocycles. The van der Waals surface area contributed by atoms with Crippen molar-refractivity contribution in [2.75, 3.05) is 12.4 Å². The monoisotopic (exact) mass is 312 g/mol. The van der Waals surface area contributed by atoms with Gasteiger partial charge in [-0.3, -0.25) is 4.79 Å². The first-order valence-corrected chi connectivity index (χ1v) is 7.10. The SMILES string of the molecule is COCc1cc(CNc2cc(C#N)ccc2C(C)=O)ccc1F. The van der Waals surface area contributed by atoms with E-state index in [2.05, 4.69) is 5.32 Å². The highest BCUT2D eigenvalue weighted by Gasteiger charge is 2.09. The Kier molecular flexibility index (Phi) is 5.45. The van der Waals surface area contributed by atoms with Gasteiger partial charge in [-0.25, -0.2) is 4.39 Å². The quantitative estimate of drug-likeness (QED) is 0.827. The van der Waals surface area contributed by atoms with E-state index in [0.29, 0.717) is 28.9 Å². The van der Waals surface area contributed by atoms with E-state index in [1.807, 2.05) is 6.07 Å². The van der Waals surface area contributed by atoms with E-state index in [0.717, 1.165) is 5.56 Å². The lowest BCUT2D eigenvalue weighted by molar-refractivity contribution is 0.101. The second-order valence-electron chi connectivity index (χ2n) is 5.14. The van der Waals surface area contributed by atoms with E-state index in [-0.39, 0.29) is 18.2 Å². The van der Waals surface area contributed by atoms with Crippen LogP contribution in [0.5, 0.6) is 0 Å². The van der Waals surface area contributed by atoms with Crippen LogP contribution in [0.25, 0.3) is 0 Å². The van der Waals surface area contributed by atoms with Crippen LogP contribution >= 0.6 is 0 Å². The van der Waals surface area contributed by atoms with Gasteiger partial charge in [0.05, 0.1) is 18.2 Å². The fourth-order valence-corrected chi connectivity index (χ4v) is 2.27. The molecule has 2 aromatic rings. The van der Waals surface area contributed by atoms with Crippen LogP contribution in [0.2, 0.25) is 0 Å². The number of hydrogen-bond donors (Lipinski definition) is 1. The third-order valence-corrected chi connectivity index (χ3v) is 3.42. The predicted molar refractivity (Wildman–Crippen MR) is 85.6 cm³/mol. The Bertz CT molecular complexity index is 766. The summed E-state index contributed by atoms with van der Waals surface area (Å²) < 4.78 is 18.6. The van der Waals surface area contributed by atoms with Crippen LogP contribution in [-0.4, -0.2) is 12.9 Å². The maximum absolute atomic E-state index is 13.6. The van der Waals surface area contributed by atoms with Gasteiger partial charge in [0.15, 0.2) is 5.78 Å². The zero-order chi connectivity index (χ0) is 16.8. The molecule has 0 aromatic heterocycles. The topological polar surface area (TPSA) is 62.1 Å². The number of benzene rings is 2. The van der Waals surface area contributed by atoms with Gasteiger partial charge in [0.1, 0.15) is 5.82 Å². The average Bonchev–Trinajstić information content (AvgIpc) is 2.55. The van der Waals surface area contributed by atoms with Crippen LogP contribution in [0.1, 0.15) is 34.0 Å². The molecule has 0 spiro atoms. The molecule has 0 aliphatic rings. The molecule has 0 amide bonds. The normalized spacial score (nSPS) is 10.2. The van der Waals surface area contributed by atoms with Crippen molar-refractivity contribution < 1.29 is 13.9 Å². The number of rotatable bonds is 6. The number of Topliss-reactive ketones (excluding diaryl/α,β-unsaturated/α-hetero) is 1. The summed E-state index contributed by atoms with van der Waals surface area (Å²) in [5.41, 5.74) is 2.91. The number of methoxy groups -OCH3 is 1. The van der Waals surface area contributed by atoms with Crippen LogP contribution in [0.4, 0.5) is 10.1 Å².